The van der Waals surface area contributed by atoms with E-state index in [9.17, 15) is 0 Å². The Hall–Kier alpha value is -1.93. The molecule has 3 rings (SSSR count). The van der Waals surface area contributed by atoms with Crippen molar-refractivity contribution in [3.05, 3.63) is 6.33 Å². The monoisotopic (exact) mass is 306 g/mol. The van der Waals surface area contributed by atoms with Gasteiger partial charge in [-0.05, 0) is 38.8 Å². The van der Waals surface area contributed by atoms with Gasteiger partial charge in [0.05, 0.1) is 6.33 Å². The van der Waals surface area contributed by atoms with Crippen molar-refractivity contribution in [3.63, 3.8) is 0 Å². The molecule has 0 bridgehead atoms. The van der Waals surface area contributed by atoms with Crippen molar-refractivity contribution in [1.29, 1.82) is 0 Å². The van der Waals surface area contributed by atoms with Crippen LogP contribution < -0.4 is 15.8 Å². The lowest BCUT2D eigenvalue weighted by Crippen LogP contribution is -2.29. The van der Waals surface area contributed by atoms with Crippen LogP contribution in [0.4, 0.5) is 5.82 Å². The number of aromatic nitrogens is 4. The zero-order chi connectivity index (χ0) is 15.5. The fraction of sp³-hybridized carbons (Fsp3) is 0.643. The molecule has 1 aliphatic rings. The highest BCUT2D eigenvalue weighted by molar-refractivity contribution is 5.81. The van der Waals surface area contributed by atoms with Crippen LogP contribution in [0.15, 0.2) is 6.33 Å². The highest BCUT2D eigenvalue weighted by Crippen LogP contribution is 2.22. The predicted molar refractivity (Wildman–Crippen MR) is 82.4 cm³/mol. The van der Waals surface area contributed by atoms with Gasteiger partial charge in [-0.1, -0.05) is 0 Å². The molecule has 22 heavy (non-hydrogen) atoms. The molecular formula is C14H22N6O2. The first-order valence-corrected chi connectivity index (χ1v) is 7.56. The van der Waals surface area contributed by atoms with Crippen LogP contribution >= 0.6 is 0 Å². The first-order chi connectivity index (χ1) is 10.7. The quantitative estimate of drug-likeness (QED) is 0.787. The standard InChI is InChI=1S/C14H22N6O2/c1-9(21-2)22-14-18-12(15)11-13(19-14)20(8-17-11)7-10-3-5-16-6-4-10/h8-10,16H,3-7H2,1-2H3,(H2,15,18,19). The van der Waals surface area contributed by atoms with E-state index in [1.54, 1.807) is 20.4 Å². The second-order valence-corrected chi connectivity index (χ2v) is 5.58. The predicted octanol–water partition coefficient (Wildman–Crippen LogP) is 0.779. The Morgan fingerprint density at radius 3 is 2.91 bits per heavy atom. The van der Waals surface area contributed by atoms with Gasteiger partial charge in [-0.3, -0.25) is 0 Å². The van der Waals surface area contributed by atoms with Crippen LogP contribution in [-0.4, -0.2) is 46.0 Å². The number of methoxy groups -OCH3 is 1. The lowest BCUT2D eigenvalue weighted by molar-refractivity contribution is -0.0436. The maximum atomic E-state index is 5.96. The molecule has 1 aliphatic heterocycles. The second kappa shape index (κ2) is 6.45. The first kappa shape index (κ1) is 15.0. The van der Waals surface area contributed by atoms with E-state index in [0.29, 0.717) is 22.9 Å². The minimum absolute atomic E-state index is 0.214. The van der Waals surface area contributed by atoms with Crippen LogP contribution in [0.1, 0.15) is 19.8 Å². The summed E-state index contributed by atoms with van der Waals surface area (Å²) in [4.78, 5) is 12.9. The molecule has 8 heteroatoms. The second-order valence-electron chi connectivity index (χ2n) is 5.58. The zero-order valence-corrected chi connectivity index (χ0v) is 13.0. The number of nitrogens with two attached hydrogens (primary N) is 1. The van der Waals surface area contributed by atoms with E-state index in [0.717, 1.165) is 32.5 Å². The summed E-state index contributed by atoms with van der Waals surface area (Å²) >= 11 is 0. The minimum Gasteiger partial charge on any atom is -0.434 e. The summed E-state index contributed by atoms with van der Waals surface area (Å²) in [5.41, 5.74) is 7.29. The van der Waals surface area contributed by atoms with Gasteiger partial charge in [0.2, 0.25) is 0 Å². The summed E-state index contributed by atoms with van der Waals surface area (Å²) < 4.78 is 12.6. The number of fused-ring (bicyclic) bond motifs is 1. The van der Waals surface area contributed by atoms with Gasteiger partial charge in [0.15, 0.2) is 23.3 Å². The van der Waals surface area contributed by atoms with Gasteiger partial charge in [0, 0.05) is 13.7 Å². The Bertz CT molecular complexity index is 638. The van der Waals surface area contributed by atoms with E-state index in [1.807, 2.05) is 4.57 Å². The van der Waals surface area contributed by atoms with Gasteiger partial charge in [-0.15, -0.1) is 0 Å². The summed E-state index contributed by atoms with van der Waals surface area (Å²) in [6.07, 6.45) is 3.66. The molecule has 0 aromatic carbocycles. The van der Waals surface area contributed by atoms with Crippen LogP contribution in [-0.2, 0) is 11.3 Å². The van der Waals surface area contributed by atoms with E-state index < -0.39 is 6.29 Å². The van der Waals surface area contributed by atoms with Crippen LogP contribution in [0.3, 0.4) is 0 Å². The van der Waals surface area contributed by atoms with Gasteiger partial charge >= 0.3 is 6.01 Å². The Labute approximate surface area is 129 Å². The number of anilines is 1. The topological polar surface area (TPSA) is 100 Å². The van der Waals surface area contributed by atoms with Gasteiger partial charge < -0.3 is 25.1 Å². The summed E-state index contributed by atoms with van der Waals surface area (Å²) in [5.74, 6) is 0.949. The first-order valence-electron chi connectivity index (χ1n) is 7.56. The maximum Gasteiger partial charge on any atom is 0.322 e. The molecule has 0 spiro atoms. The third-order valence-electron chi connectivity index (χ3n) is 3.99. The van der Waals surface area contributed by atoms with Gasteiger partial charge in [0.25, 0.3) is 0 Å². The largest absolute Gasteiger partial charge is 0.434 e. The van der Waals surface area contributed by atoms with Crippen molar-refractivity contribution >= 4 is 17.0 Å². The Morgan fingerprint density at radius 2 is 2.18 bits per heavy atom. The van der Waals surface area contributed by atoms with Crippen molar-refractivity contribution in [2.45, 2.75) is 32.6 Å². The Balaban J connectivity index is 1.87. The number of rotatable bonds is 5. The number of nitrogens with one attached hydrogen (secondary N) is 1. The van der Waals surface area contributed by atoms with Gasteiger partial charge in [-0.25, -0.2) is 4.98 Å². The number of hydrogen-bond acceptors (Lipinski definition) is 7. The zero-order valence-electron chi connectivity index (χ0n) is 13.0. The highest BCUT2D eigenvalue weighted by atomic mass is 16.7. The fourth-order valence-electron chi connectivity index (χ4n) is 2.67. The molecule has 1 fully saturated rings. The minimum atomic E-state index is -0.433. The molecule has 1 saturated heterocycles. The number of nitrogens with zero attached hydrogens (tertiary/aromatic N) is 4. The Morgan fingerprint density at radius 1 is 1.41 bits per heavy atom. The molecule has 2 aromatic rings. The molecule has 1 atom stereocenters. The summed E-state index contributed by atoms with van der Waals surface area (Å²) in [7, 11) is 1.56. The number of imidazole rings is 1. The summed E-state index contributed by atoms with van der Waals surface area (Å²) in [5, 5.41) is 3.37. The maximum absolute atomic E-state index is 5.96. The van der Waals surface area contributed by atoms with E-state index in [-0.39, 0.29) is 6.01 Å². The van der Waals surface area contributed by atoms with Crippen molar-refractivity contribution in [2.24, 2.45) is 5.92 Å². The van der Waals surface area contributed by atoms with E-state index in [4.69, 9.17) is 15.2 Å². The molecule has 1 unspecified atom stereocenters. The Kier molecular flexibility index (Phi) is 4.39. The molecule has 0 amide bonds. The lowest BCUT2D eigenvalue weighted by atomic mass is 9.98. The smallest absolute Gasteiger partial charge is 0.322 e. The van der Waals surface area contributed by atoms with Crippen molar-refractivity contribution in [1.82, 2.24) is 24.8 Å². The normalized spacial score (nSPS) is 17.7. The van der Waals surface area contributed by atoms with Crippen LogP contribution in [0.2, 0.25) is 0 Å². The highest BCUT2D eigenvalue weighted by Gasteiger charge is 2.18. The van der Waals surface area contributed by atoms with Crippen LogP contribution in [0, 0.1) is 5.92 Å². The fourth-order valence-corrected chi connectivity index (χ4v) is 2.67. The molecule has 8 nitrogen and oxygen atoms in total. The van der Waals surface area contributed by atoms with E-state index in [1.165, 1.54) is 0 Å². The molecule has 0 saturated carbocycles. The van der Waals surface area contributed by atoms with E-state index >= 15 is 0 Å². The van der Waals surface area contributed by atoms with Crippen molar-refractivity contribution in [2.75, 3.05) is 25.9 Å². The SMILES string of the molecule is COC(C)Oc1nc(N)c2ncn(CC3CCNCC3)c2n1. The van der Waals surface area contributed by atoms with Crippen LogP contribution in [0.25, 0.3) is 11.2 Å². The summed E-state index contributed by atoms with van der Waals surface area (Å²) in [6, 6.07) is 0.214. The molecule has 0 radical (unpaired) electrons. The lowest BCUT2D eigenvalue weighted by Gasteiger charge is -2.22. The number of piperidine rings is 1. The molecular weight excluding hydrogens is 284 g/mol. The number of ether oxygens (including phenoxy) is 2. The molecule has 3 N–H and O–H groups in total. The summed E-state index contributed by atoms with van der Waals surface area (Å²) in [6.45, 7) is 4.78. The van der Waals surface area contributed by atoms with Gasteiger partial charge in [0.1, 0.15) is 0 Å². The number of nitrogen functional groups attached to an aromatic ring is 1. The van der Waals surface area contributed by atoms with Crippen LogP contribution in [0.5, 0.6) is 6.01 Å². The number of hydrogen-bond donors (Lipinski definition) is 2. The van der Waals surface area contributed by atoms with Crippen molar-refractivity contribution in [3.8, 4) is 6.01 Å². The molecule has 2 aromatic heterocycles. The third-order valence-corrected chi connectivity index (χ3v) is 3.99. The van der Waals surface area contributed by atoms with Gasteiger partial charge in [-0.2, -0.15) is 9.97 Å². The third kappa shape index (κ3) is 3.12. The molecule has 3 heterocycles. The van der Waals surface area contributed by atoms with Crippen molar-refractivity contribution < 1.29 is 9.47 Å². The average Bonchev–Trinajstić information content (AvgIpc) is 2.92. The molecule has 0 aliphatic carbocycles. The molecule has 120 valence electrons. The van der Waals surface area contributed by atoms with E-state index in [2.05, 4.69) is 20.3 Å². The average molecular weight is 306 g/mol.